The van der Waals surface area contributed by atoms with Gasteiger partial charge in [0, 0.05) is 5.41 Å². The van der Waals surface area contributed by atoms with Crippen LogP contribution >= 0.6 is 0 Å². The Bertz CT molecular complexity index is 969. The minimum atomic E-state index is -0.584. The maximum absolute atomic E-state index is 12.6. The van der Waals surface area contributed by atoms with Gasteiger partial charge < -0.3 is 14.9 Å². The van der Waals surface area contributed by atoms with Gasteiger partial charge in [0.25, 0.3) is 0 Å². The quantitative estimate of drug-likeness (QED) is 0.354. The summed E-state index contributed by atoms with van der Waals surface area (Å²) in [5.41, 5.74) is 1.26. The molecule has 6 rings (SSSR count). The number of hydrogen-bond acceptors (Lipinski definition) is 4. The van der Waals surface area contributed by atoms with Crippen molar-refractivity contribution in [2.75, 3.05) is 0 Å². The lowest BCUT2D eigenvalue weighted by Gasteiger charge is -2.72. The van der Waals surface area contributed by atoms with Crippen LogP contribution in [0, 0.1) is 50.2 Å². The Kier molecular flexibility index (Phi) is 4.51. The predicted octanol–water partition coefficient (Wildman–Crippen LogP) is 5.66. The Balaban J connectivity index is 1.43. The molecule has 0 spiro atoms. The predicted molar refractivity (Wildman–Crippen MR) is 132 cm³/mol. The second-order valence-electron chi connectivity index (χ2n) is 15.1. The molecule has 34 heavy (non-hydrogen) atoms. The molecule has 0 aromatic heterocycles. The van der Waals surface area contributed by atoms with Crippen LogP contribution in [0.4, 0.5) is 0 Å². The van der Waals surface area contributed by atoms with Crippen LogP contribution in [0.3, 0.4) is 0 Å². The first-order valence-electron chi connectivity index (χ1n) is 13.9. The standard InChI is InChI=1S/C30H46O4/c1-25(2)19-10-13-30(7)20(27(19,4)12-11-21(25)31)9-8-17-18-16-28(5)23(34-24(28)33)22(32)26(18,3)14-15-29(17,30)6/h8,18-23,31-32H,9-16H2,1-7H3/t18-,19-,20-,21+,22+,23-,26-,27+,28-,29-,30-/m1/s1. The molecule has 4 nitrogen and oxygen atoms in total. The van der Waals surface area contributed by atoms with Gasteiger partial charge in [-0.2, -0.15) is 0 Å². The van der Waals surface area contributed by atoms with E-state index in [0.717, 1.165) is 38.5 Å². The number of aliphatic hydroxyl groups is 2. The maximum Gasteiger partial charge on any atom is 0.316 e. The van der Waals surface area contributed by atoms with Crippen LogP contribution in [0.25, 0.3) is 0 Å². The molecule has 11 atom stereocenters. The van der Waals surface area contributed by atoms with Crippen LogP contribution in [0.5, 0.6) is 0 Å². The summed E-state index contributed by atoms with van der Waals surface area (Å²) in [5, 5.41) is 22.4. The van der Waals surface area contributed by atoms with Crippen molar-refractivity contribution in [3.05, 3.63) is 11.6 Å². The Labute approximate surface area is 205 Å². The Morgan fingerprint density at radius 2 is 1.59 bits per heavy atom. The zero-order valence-corrected chi connectivity index (χ0v) is 22.4. The molecular formula is C30H46O4. The monoisotopic (exact) mass is 470 g/mol. The fourth-order valence-corrected chi connectivity index (χ4v) is 11.1. The first-order valence-corrected chi connectivity index (χ1v) is 13.9. The maximum atomic E-state index is 12.6. The summed E-state index contributed by atoms with van der Waals surface area (Å²) >= 11 is 0. The van der Waals surface area contributed by atoms with Gasteiger partial charge in [-0.05, 0) is 97.7 Å². The number of hydrogen-bond donors (Lipinski definition) is 2. The number of allylic oxidation sites excluding steroid dienone is 2. The third-order valence-corrected chi connectivity index (χ3v) is 13.8. The second-order valence-corrected chi connectivity index (χ2v) is 15.1. The molecule has 6 aliphatic rings. The van der Waals surface area contributed by atoms with E-state index < -0.39 is 11.5 Å². The largest absolute Gasteiger partial charge is 0.458 e. The van der Waals surface area contributed by atoms with Crippen LogP contribution in [0.1, 0.15) is 99.8 Å². The lowest BCUT2D eigenvalue weighted by Crippen LogP contribution is -2.71. The molecule has 1 saturated heterocycles. The smallest absolute Gasteiger partial charge is 0.316 e. The summed E-state index contributed by atoms with van der Waals surface area (Å²) in [4.78, 5) is 12.6. The van der Waals surface area contributed by atoms with Gasteiger partial charge in [0.15, 0.2) is 0 Å². The molecule has 4 saturated carbocycles. The number of fused-ring (bicyclic) bond motifs is 8. The van der Waals surface area contributed by atoms with Gasteiger partial charge in [-0.1, -0.05) is 53.2 Å². The first kappa shape index (κ1) is 23.5. The topological polar surface area (TPSA) is 66.8 Å². The number of rotatable bonds is 0. The van der Waals surface area contributed by atoms with Crippen molar-refractivity contribution in [1.29, 1.82) is 0 Å². The Morgan fingerprint density at radius 1 is 0.882 bits per heavy atom. The molecule has 5 fully saturated rings. The van der Waals surface area contributed by atoms with Crippen molar-refractivity contribution < 1.29 is 19.7 Å². The summed E-state index contributed by atoms with van der Waals surface area (Å²) in [6, 6.07) is 0. The van der Waals surface area contributed by atoms with E-state index in [0.29, 0.717) is 11.8 Å². The average molecular weight is 471 g/mol. The normalized spacial score (nSPS) is 59.7. The number of aliphatic hydroxyl groups excluding tert-OH is 2. The summed E-state index contributed by atoms with van der Waals surface area (Å²) in [5.74, 6) is 1.27. The fourth-order valence-electron chi connectivity index (χ4n) is 11.1. The third-order valence-electron chi connectivity index (χ3n) is 13.8. The molecule has 0 aromatic carbocycles. The Morgan fingerprint density at radius 3 is 2.26 bits per heavy atom. The van der Waals surface area contributed by atoms with Gasteiger partial charge in [-0.15, -0.1) is 0 Å². The zero-order chi connectivity index (χ0) is 24.7. The highest BCUT2D eigenvalue weighted by Gasteiger charge is 2.72. The zero-order valence-electron chi connectivity index (χ0n) is 22.4. The summed E-state index contributed by atoms with van der Waals surface area (Å²) in [6.07, 6.45) is 9.85. The van der Waals surface area contributed by atoms with Gasteiger partial charge >= 0.3 is 5.97 Å². The number of carbonyl (C=O) groups excluding carboxylic acids is 1. The van der Waals surface area contributed by atoms with E-state index in [1.165, 1.54) is 18.4 Å². The van der Waals surface area contributed by atoms with Gasteiger partial charge in [0.1, 0.15) is 11.5 Å². The van der Waals surface area contributed by atoms with E-state index >= 15 is 0 Å². The molecule has 1 heterocycles. The number of ether oxygens (including phenoxy) is 1. The molecular weight excluding hydrogens is 424 g/mol. The van der Waals surface area contributed by atoms with Crippen molar-refractivity contribution in [3.63, 3.8) is 0 Å². The van der Waals surface area contributed by atoms with E-state index in [-0.39, 0.29) is 51.2 Å². The fraction of sp³-hybridized carbons (Fsp3) is 0.900. The molecule has 4 heteroatoms. The molecule has 1 aliphatic heterocycles. The number of carbonyl (C=O) groups is 1. The third kappa shape index (κ3) is 2.37. The molecule has 190 valence electrons. The molecule has 0 bridgehead atoms. The van der Waals surface area contributed by atoms with Crippen LogP contribution in [0.15, 0.2) is 11.6 Å². The lowest BCUT2D eigenvalue weighted by atomic mass is 9.33. The Hall–Kier alpha value is -0.870. The highest BCUT2D eigenvalue weighted by Crippen LogP contribution is 2.76. The molecule has 2 N–H and O–H groups in total. The van der Waals surface area contributed by atoms with Gasteiger partial charge in [-0.25, -0.2) is 0 Å². The van der Waals surface area contributed by atoms with Crippen LogP contribution < -0.4 is 0 Å². The van der Waals surface area contributed by atoms with Crippen molar-refractivity contribution in [2.45, 2.75) is 118 Å². The summed E-state index contributed by atoms with van der Waals surface area (Å²) in [6.45, 7) is 16.5. The van der Waals surface area contributed by atoms with Crippen LogP contribution in [0.2, 0.25) is 0 Å². The highest BCUT2D eigenvalue weighted by molar-refractivity contribution is 5.83. The minimum Gasteiger partial charge on any atom is -0.458 e. The average Bonchev–Trinajstić information content (AvgIpc) is 2.76. The van der Waals surface area contributed by atoms with Crippen LogP contribution in [-0.2, 0) is 9.53 Å². The molecule has 0 unspecified atom stereocenters. The van der Waals surface area contributed by atoms with E-state index in [9.17, 15) is 15.0 Å². The molecule has 5 aliphatic carbocycles. The second kappa shape index (κ2) is 6.52. The first-order chi connectivity index (χ1) is 15.7. The van der Waals surface area contributed by atoms with Crippen molar-refractivity contribution in [3.8, 4) is 0 Å². The van der Waals surface area contributed by atoms with Crippen molar-refractivity contribution in [2.24, 2.45) is 50.2 Å². The minimum absolute atomic E-state index is 0.0357. The van der Waals surface area contributed by atoms with Crippen molar-refractivity contribution >= 4 is 5.97 Å². The van der Waals surface area contributed by atoms with E-state index in [2.05, 4.69) is 47.6 Å². The molecule has 0 amide bonds. The lowest BCUT2D eigenvalue weighted by molar-refractivity contribution is -0.266. The van der Waals surface area contributed by atoms with Gasteiger partial charge in [-0.3, -0.25) is 4.79 Å². The van der Waals surface area contributed by atoms with Gasteiger partial charge in [0.2, 0.25) is 0 Å². The van der Waals surface area contributed by atoms with Crippen molar-refractivity contribution in [1.82, 2.24) is 0 Å². The summed E-state index contributed by atoms with van der Waals surface area (Å²) in [7, 11) is 0. The van der Waals surface area contributed by atoms with E-state index in [1.807, 2.05) is 6.92 Å². The SMILES string of the molecule is CC1(C)[C@H]2CC[C@]3(C)[C@H](CC=C4[C@H]5C[C@@]6(C)C(=O)O[C@@H]6[C@H](O)[C@]5(C)CC[C@]43C)[C@@]2(C)CC[C@@H]1O. The van der Waals surface area contributed by atoms with E-state index in [1.54, 1.807) is 0 Å². The summed E-state index contributed by atoms with van der Waals surface area (Å²) < 4.78 is 5.51. The van der Waals surface area contributed by atoms with Gasteiger partial charge in [0.05, 0.1) is 12.2 Å². The molecule has 0 aromatic rings. The number of esters is 1. The molecule has 0 radical (unpaired) electrons. The van der Waals surface area contributed by atoms with E-state index in [4.69, 9.17) is 4.74 Å². The highest BCUT2D eigenvalue weighted by atomic mass is 16.6. The van der Waals surface area contributed by atoms with Crippen LogP contribution in [-0.4, -0.2) is 34.5 Å².